The van der Waals surface area contributed by atoms with Crippen molar-refractivity contribution >= 4 is 29.3 Å². The van der Waals surface area contributed by atoms with E-state index in [0.717, 1.165) is 11.3 Å². The van der Waals surface area contributed by atoms with E-state index in [0.29, 0.717) is 21.7 Å². The molecule has 1 atom stereocenters. The Hall–Kier alpha value is -3.10. The molecule has 0 fully saturated rings. The van der Waals surface area contributed by atoms with Crippen LogP contribution in [0.25, 0.3) is 17.1 Å². The quantitative estimate of drug-likeness (QED) is 0.425. The van der Waals surface area contributed by atoms with Crippen molar-refractivity contribution < 1.29 is 9.21 Å². The van der Waals surface area contributed by atoms with E-state index in [9.17, 15) is 4.79 Å². The van der Waals surface area contributed by atoms with Crippen LogP contribution in [0.2, 0.25) is 5.02 Å². The summed E-state index contributed by atoms with van der Waals surface area (Å²) >= 11 is 7.33. The molecule has 4 rings (SSSR count). The SMILES string of the molecule is C[C@@H](NC(=O)CSc1nnc(-c2ccccc2Cl)o1)c1ccc(-n2ccnc2)cc1. The van der Waals surface area contributed by atoms with E-state index in [-0.39, 0.29) is 17.7 Å². The molecule has 0 unspecified atom stereocenters. The second-order valence-corrected chi connectivity index (χ2v) is 7.83. The van der Waals surface area contributed by atoms with Crippen LogP contribution in [0.15, 0.2) is 76.9 Å². The Labute approximate surface area is 182 Å². The third kappa shape index (κ3) is 4.72. The Balaban J connectivity index is 1.31. The predicted octanol–water partition coefficient (Wildman–Crippen LogP) is 4.55. The normalized spacial score (nSPS) is 11.9. The molecule has 0 bridgehead atoms. The maximum atomic E-state index is 12.3. The first-order valence-electron chi connectivity index (χ1n) is 9.19. The predicted molar refractivity (Wildman–Crippen MR) is 116 cm³/mol. The van der Waals surface area contributed by atoms with Crippen LogP contribution in [0, 0.1) is 0 Å². The maximum Gasteiger partial charge on any atom is 0.277 e. The summed E-state index contributed by atoms with van der Waals surface area (Å²) in [6.45, 7) is 1.94. The molecule has 0 saturated carbocycles. The van der Waals surface area contributed by atoms with Crippen LogP contribution in [0.5, 0.6) is 0 Å². The molecular formula is C21H18ClN5O2S. The first-order chi connectivity index (χ1) is 14.6. The van der Waals surface area contributed by atoms with Gasteiger partial charge in [0.15, 0.2) is 0 Å². The van der Waals surface area contributed by atoms with Crippen LogP contribution < -0.4 is 5.32 Å². The Morgan fingerprint density at radius 3 is 2.73 bits per heavy atom. The van der Waals surface area contributed by atoms with Gasteiger partial charge in [0.2, 0.25) is 11.8 Å². The molecule has 4 aromatic rings. The molecule has 1 amide bonds. The lowest BCUT2D eigenvalue weighted by atomic mass is 10.1. The number of hydrogen-bond acceptors (Lipinski definition) is 6. The monoisotopic (exact) mass is 439 g/mol. The molecule has 2 heterocycles. The fourth-order valence-corrected chi connectivity index (χ4v) is 3.64. The Morgan fingerprint density at radius 1 is 1.20 bits per heavy atom. The molecule has 9 heteroatoms. The number of aromatic nitrogens is 4. The van der Waals surface area contributed by atoms with E-state index < -0.39 is 0 Å². The van der Waals surface area contributed by atoms with E-state index in [4.69, 9.17) is 16.0 Å². The van der Waals surface area contributed by atoms with Gasteiger partial charge in [-0.25, -0.2) is 4.98 Å². The van der Waals surface area contributed by atoms with E-state index in [1.54, 1.807) is 24.7 Å². The van der Waals surface area contributed by atoms with Crippen molar-refractivity contribution in [2.24, 2.45) is 0 Å². The molecular weight excluding hydrogens is 422 g/mol. The number of benzene rings is 2. The first kappa shape index (κ1) is 20.2. The second kappa shape index (κ2) is 9.15. The summed E-state index contributed by atoms with van der Waals surface area (Å²) in [4.78, 5) is 16.4. The summed E-state index contributed by atoms with van der Waals surface area (Å²) in [5, 5.41) is 11.8. The number of halogens is 1. The van der Waals surface area contributed by atoms with Gasteiger partial charge in [-0.2, -0.15) is 0 Å². The van der Waals surface area contributed by atoms with Gasteiger partial charge in [-0.1, -0.05) is 47.6 Å². The minimum Gasteiger partial charge on any atom is -0.411 e. The highest BCUT2D eigenvalue weighted by atomic mass is 35.5. The number of carbonyl (C=O) groups is 1. The lowest BCUT2D eigenvalue weighted by Gasteiger charge is -2.14. The Morgan fingerprint density at radius 2 is 2.00 bits per heavy atom. The van der Waals surface area contributed by atoms with Crippen LogP contribution in [0.3, 0.4) is 0 Å². The van der Waals surface area contributed by atoms with Crippen LogP contribution in [-0.4, -0.2) is 31.4 Å². The summed E-state index contributed by atoms with van der Waals surface area (Å²) in [5.74, 6) is 0.375. The van der Waals surface area contributed by atoms with Gasteiger partial charge in [-0.05, 0) is 36.8 Å². The van der Waals surface area contributed by atoms with E-state index >= 15 is 0 Å². The van der Waals surface area contributed by atoms with Gasteiger partial charge in [0, 0.05) is 18.1 Å². The number of nitrogens with zero attached hydrogens (tertiary/aromatic N) is 4. The number of imidazole rings is 1. The third-order valence-corrected chi connectivity index (χ3v) is 5.56. The zero-order valence-electron chi connectivity index (χ0n) is 16.0. The Bertz CT molecular complexity index is 1130. The number of rotatable bonds is 7. The summed E-state index contributed by atoms with van der Waals surface area (Å²) in [6.07, 6.45) is 5.35. The second-order valence-electron chi connectivity index (χ2n) is 6.49. The van der Waals surface area contributed by atoms with Gasteiger partial charge >= 0.3 is 0 Å². The van der Waals surface area contributed by atoms with Crippen LogP contribution >= 0.6 is 23.4 Å². The molecule has 2 aromatic heterocycles. The van der Waals surface area contributed by atoms with Crippen molar-refractivity contribution in [3.05, 3.63) is 77.8 Å². The minimum absolute atomic E-state index is 0.122. The number of nitrogens with one attached hydrogen (secondary N) is 1. The zero-order chi connectivity index (χ0) is 20.9. The summed E-state index contributed by atoms with van der Waals surface area (Å²) < 4.78 is 7.53. The highest BCUT2D eigenvalue weighted by Gasteiger charge is 2.15. The molecule has 0 saturated heterocycles. The highest BCUT2D eigenvalue weighted by Crippen LogP contribution is 2.28. The molecule has 0 aliphatic heterocycles. The number of carbonyl (C=O) groups excluding carboxylic acids is 1. The first-order valence-corrected chi connectivity index (χ1v) is 10.6. The van der Waals surface area contributed by atoms with Crippen LogP contribution in [0.1, 0.15) is 18.5 Å². The maximum absolute atomic E-state index is 12.3. The van der Waals surface area contributed by atoms with Crippen molar-refractivity contribution in [3.8, 4) is 17.1 Å². The topological polar surface area (TPSA) is 85.8 Å². The summed E-state index contributed by atoms with van der Waals surface area (Å²) in [6, 6.07) is 15.1. The zero-order valence-corrected chi connectivity index (χ0v) is 17.6. The molecule has 152 valence electrons. The van der Waals surface area contributed by atoms with Gasteiger partial charge in [0.1, 0.15) is 0 Å². The van der Waals surface area contributed by atoms with Gasteiger partial charge < -0.3 is 14.3 Å². The third-order valence-electron chi connectivity index (χ3n) is 4.41. The lowest BCUT2D eigenvalue weighted by molar-refractivity contribution is -0.119. The van der Waals surface area contributed by atoms with Gasteiger partial charge in [-0.3, -0.25) is 4.79 Å². The van der Waals surface area contributed by atoms with Crippen molar-refractivity contribution in [3.63, 3.8) is 0 Å². The average molecular weight is 440 g/mol. The standard InChI is InChI=1S/C21H18ClN5O2S/c1-14(15-6-8-16(9-7-15)27-11-10-23-13-27)24-19(28)12-30-21-26-25-20(29-21)17-4-2-3-5-18(17)22/h2-11,13-14H,12H2,1H3,(H,24,28)/t14-/m1/s1. The molecule has 0 radical (unpaired) electrons. The van der Waals surface area contributed by atoms with E-state index in [2.05, 4.69) is 20.5 Å². The molecule has 30 heavy (non-hydrogen) atoms. The van der Waals surface area contributed by atoms with Crippen molar-refractivity contribution in [1.82, 2.24) is 25.1 Å². The fourth-order valence-electron chi connectivity index (χ4n) is 2.85. The van der Waals surface area contributed by atoms with Crippen molar-refractivity contribution in [2.75, 3.05) is 5.75 Å². The van der Waals surface area contributed by atoms with Crippen molar-refractivity contribution in [1.29, 1.82) is 0 Å². The number of hydrogen-bond donors (Lipinski definition) is 1. The largest absolute Gasteiger partial charge is 0.411 e. The molecule has 0 spiro atoms. The molecule has 2 aromatic carbocycles. The van der Waals surface area contributed by atoms with Crippen LogP contribution in [-0.2, 0) is 4.79 Å². The molecule has 1 N–H and O–H groups in total. The van der Waals surface area contributed by atoms with Crippen molar-refractivity contribution in [2.45, 2.75) is 18.2 Å². The minimum atomic E-state index is -0.128. The van der Waals surface area contributed by atoms with E-state index in [1.807, 2.05) is 54.1 Å². The fraction of sp³-hybridized carbons (Fsp3) is 0.143. The number of thioether (sulfide) groups is 1. The molecule has 7 nitrogen and oxygen atoms in total. The Kier molecular flexibility index (Phi) is 6.15. The molecule has 0 aliphatic rings. The van der Waals surface area contributed by atoms with Gasteiger partial charge in [-0.15, -0.1) is 10.2 Å². The smallest absolute Gasteiger partial charge is 0.277 e. The van der Waals surface area contributed by atoms with Crippen LogP contribution in [0.4, 0.5) is 0 Å². The summed E-state index contributed by atoms with van der Waals surface area (Å²) in [7, 11) is 0. The lowest BCUT2D eigenvalue weighted by Crippen LogP contribution is -2.28. The summed E-state index contributed by atoms with van der Waals surface area (Å²) in [5.41, 5.74) is 2.68. The van der Waals surface area contributed by atoms with Gasteiger partial charge in [0.25, 0.3) is 5.22 Å². The highest BCUT2D eigenvalue weighted by molar-refractivity contribution is 7.99. The number of amides is 1. The average Bonchev–Trinajstić information content (AvgIpc) is 3.45. The molecule has 0 aliphatic carbocycles. The van der Waals surface area contributed by atoms with E-state index in [1.165, 1.54) is 11.8 Å². The van der Waals surface area contributed by atoms with Gasteiger partial charge in [0.05, 0.1) is 28.7 Å².